The number of hydrogen-bond acceptors (Lipinski definition) is 6. The number of aliphatic hydroxyl groups excluding tert-OH is 1. The van der Waals surface area contributed by atoms with Gasteiger partial charge in [-0.1, -0.05) is 76.3 Å². The van der Waals surface area contributed by atoms with Gasteiger partial charge in [-0.2, -0.15) is 11.8 Å². The number of hydrogen-bond donors (Lipinski definition) is 4. The maximum atomic E-state index is 13.3. The molecule has 0 saturated heterocycles. The summed E-state index contributed by atoms with van der Waals surface area (Å²) in [5.41, 5.74) is 0.150. The maximum absolute atomic E-state index is 13.3. The second-order valence-electron chi connectivity index (χ2n) is 11.9. The largest absolute Gasteiger partial charge is 0.444 e. The number of alkyl carbamates (subject to hydrolysis) is 1. The summed E-state index contributed by atoms with van der Waals surface area (Å²) in [6, 6.07) is 7.19. The van der Waals surface area contributed by atoms with Crippen LogP contribution in [0.5, 0.6) is 0 Å². The summed E-state index contributed by atoms with van der Waals surface area (Å²) in [6.07, 6.45) is 5.42. The highest BCUT2D eigenvalue weighted by atomic mass is 32.2. The molecule has 0 spiro atoms. The molecule has 1 aromatic carbocycles. The lowest BCUT2D eigenvalue weighted by Gasteiger charge is -2.31. The number of thioether (sulfide) groups is 1. The van der Waals surface area contributed by atoms with E-state index in [0.717, 1.165) is 24.8 Å². The summed E-state index contributed by atoms with van der Waals surface area (Å²) in [5, 5.41) is 19.8. The molecule has 1 fully saturated rings. The first kappa shape index (κ1) is 32.9. The summed E-state index contributed by atoms with van der Waals surface area (Å²) < 4.78 is 5.36. The second-order valence-corrected chi connectivity index (χ2v) is 13.5. The number of amides is 3. The minimum absolute atomic E-state index is 0.246. The number of rotatable bonds is 13. The molecule has 0 unspecified atom stereocenters. The van der Waals surface area contributed by atoms with E-state index in [2.05, 4.69) is 29.8 Å². The van der Waals surface area contributed by atoms with E-state index in [-0.39, 0.29) is 18.4 Å². The lowest BCUT2D eigenvalue weighted by atomic mass is 9.84. The highest BCUT2D eigenvalue weighted by Crippen LogP contribution is 2.28. The Hall–Kier alpha value is -2.26. The van der Waals surface area contributed by atoms with E-state index in [9.17, 15) is 19.5 Å². The molecule has 2 rings (SSSR count). The van der Waals surface area contributed by atoms with Crippen LogP contribution in [-0.4, -0.2) is 63.8 Å². The van der Waals surface area contributed by atoms with Gasteiger partial charge in [-0.15, -0.1) is 0 Å². The zero-order valence-electron chi connectivity index (χ0n) is 24.5. The standard InChI is InChI=1S/C30H49N3O5S/c1-20(2)39-19-26(34)24(17-22-13-9-7-10-14-22)32-27(35)21(3)31-28(36)25(18-23-15-11-8-12-16-23)33-29(37)38-30(4,5)6/h8,11-12,15-16,20-22,24-26,34H,7,9-10,13-14,17-19H2,1-6H3,(H,31,36)(H,32,35)(H,33,37)/t21-,24-,25-,26-/m0/s1. The molecule has 0 aliphatic heterocycles. The number of carbonyl (C=O) groups excluding carboxylic acids is 3. The van der Waals surface area contributed by atoms with Crippen LogP contribution in [0.2, 0.25) is 0 Å². The average molecular weight is 564 g/mol. The fourth-order valence-corrected chi connectivity index (χ4v) is 5.51. The van der Waals surface area contributed by atoms with E-state index in [4.69, 9.17) is 4.74 Å². The molecule has 8 nitrogen and oxygen atoms in total. The normalized spacial score (nSPS) is 17.5. The van der Waals surface area contributed by atoms with Crippen molar-refractivity contribution in [1.29, 1.82) is 0 Å². The van der Waals surface area contributed by atoms with Gasteiger partial charge in [-0.3, -0.25) is 9.59 Å². The van der Waals surface area contributed by atoms with E-state index in [1.54, 1.807) is 39.5 Å². The number of aliphatic hydroxyl groups is 1. The second kappa shape index (κ2) is 16.1. The maximum Gasteiger partial charge on any atom is 0.408 e. The fraction of sp³-hybridized carbons (Fsp3) is 0.700. The lowest BCUT2D eigenvalue weighted by Crippen LogP contribution is -2.56. The van der Waals surface area contributed by atoms with Crippen LogP contribution in [0.4, 0.5) is 4.79 Å². The molecular weight excluding hydrogens is 514 g/mol. The minimum Gasteiger partial charge on any atom is -0.444 e. The Morgan fingerprint density at radius 2 is 1.62 bits per heavy atom. The van der Waals surface area contributed by atoms with Crippen molar-refractivity contribution in [3.05, 3.63) is 35.9 Å². The quantitative estimate of drug-likeness (QED) is 0.279. The van der Waals surface area contributed by atoms with Crippen molar-refractivity contribution in [2.24, 2.45) is 5.92 Å². The Kier molecular flexibility index (Phi) is 13.6. The Bertz CT molecular complexity index is 900. The zero-order valence-corrected chi connectivity index (χ0v) is 25.3. The molecule has 1 aliphatic carbocycles. The van der Waals surface area contributed by atoms with Gasteiger partial charge >= 0.3 is 6.09 Å². The molecule has 220 valence electrons. The molecule has 0 radical (unpaired) electrons. The van der Waals surface area contributed by atoms with Crippen LogP contribution in [0, 0.1) is 5.92 Å². The van der Waals surface area contributed by atoms with Crippen molar-refractivity contribution in [2.75, 3.05) is 5.75 Å². The molecule has 0 aromatic heterocycles. The molecule has 1 aliphatic rings. The van der Waals surface area contributed by atoms with E-state index in [1.165, 1.54) is 19.3 Å². The summed E-state index contributed by atoms with van der Waals surface area (Å²) in [7, 11) is 0. The van der Waals surface area contributed by atoms with Crippen molar-refractivity contribution in [3.8, 4) is 0 Å². The van der Waals surface area contributed by atoms with Gasteiger partial charge in [0.1, 0.15) is 17.7 Å². The topological polar surface area (TPSA) is 117 Å². The van der Waals surface area contributed by atoms with Crippen LogP contribution in [-0.2, 0) is 20.7 Å². The monoisotopic (exact) mass is 563 g/mol. The first-order chi connectivity index (χ1) is 18.3. The third-order valence-corrected chi connectivity index (χ3v) is 7.95. The van der Waals surface area contributed by atoms with Gasteiger partial charge in [0.25, 0.3) is 0 Å². The van der Waals surface area contributed by atoms with Crippen LogP contribution in [0.1, 0.15) is 85.6 Å². The van der Waals surface area contributed by atoms with E-state index in [0.29, 0.717) is 16.9 Å². The number of ether oxygens (including phenoxy) is 1. The molecule has 39 heavy (non-hydrogen) atoms. The van der Waals surface area contributed by atoms with Gasteiger partial charge in [-0.05, 0) is 50.8 Å². The Labute approximate surface area is 238 Å². The summed E-state index contributed by atoms with van der Waals surface area (Å²) in [4.78, 5) is 39.0. The highest BCUT2D eigenvalue weighted by molar-refractivity contribution is 7.99. The van der Waals surface area contributed by atoms with Crippen LogP contribution in [0.25, 0.3) is 0 Å². The van der Waals surface area contributed by atoms with Crippen molar-refractivity contribution >= 4 is 29.7 Å². The van der Waals surface area contributed by atoms with Gasteiger partial charge < -0.3 is 25.8 Å². The molecule has 0 heterocycles. The third-order valence-electron chi connectivity index (χ3n) is 6.75. The Morgan fingerprint density at radius 1 is 0.974 bits per heavy atom. The van der Waals surface area contributed by atoms with Crippen LogP contribution in [0.3, 0.4) is 0 Å². The molecule has 9 heteroatoms. The van der Waals surface area contributed by atoms with Crippen molar-refractivity contribution in [2.45, 2.75) is 122 Å². The van der Waals surface area contributed by atoms with Gasteiger partial charge in [0.05, 0.1) is 12.1 Å². The van der Waals surface area contributed by atoms with Gasteiger partial charge in [0, 0.05) is 12.2 Å². The van der Waals surface area contributed by atoms with E-state index in [1.807, 2.05) is 30.3 Å². The molecule has 3 amide bonds. The Balaban J connectivity index is 2.07. The summed E-state index contributed by atoms with van der Waals surface area (Å²) >= 11 is 1.67. The highest BCUT2D eigenvalue weighted by Gasteiger charge is 2.30. The van der Waals surface area contributed by atoms with Gasteiger partial charge in [0.2, 0.25) is 11.8 Å². The predicted octanol–water partition coefficient (Wildman–Crippen LogP) is 4.58. The number of benzene rings is 1. The number of carbonyl (C=O) groups is 3. The van der Waals surface area contributed by atoms with E-state index < -0.39 is 35.8 Å². The van der Waals surface area contributed by atoms with Crippen LogP contribution in [0.15, 0.2) is 30.3 Å². The molecule has 1 aromatic rings. The van der Waals surface area contributed by atoms with Crippen molar-refractivity contribution in [3.63, 3.8) is 0 Å². The number of nitrogens with one attached hydrogen (secondary N) is 3. The fourth-order valence-electron chi connectivity index (χ4n) is 4.70. The zero-order chi connectivity index (χ0) is 29.0. The van der Waals surface area contributed by atoms with Crippen LogP contribution >= 0.6 is 11.8 Å². The van der Waals surface area contributed by atoms with Crippen molar-refractivity contribution < 1.29 is 24.2 Å². The third kappa shape index (κ3) is 13.1. The SMILES string of the molecule is CC(C)SC[C@H](O)[C@H](CC1CCCCC1)NC(=O)[C@H](C)NC(=O)[C@H](Cc1ccccc1)NC(=O)OC(C)(C)C. The van der Waals surface area contributed by atoms with Gasteiger partial charge in [0.15, 0.2) is 0 Å². The van der Waals surface area contributed by atoms with E-state index >= 15 is 0 Å². The van der Waals surface area contributed by atoms with Crippen LogP contribution < -0.4 is 16.0 Å². The van der Waals surface area contributed by atoms with Gasteiger partial charge in [-0.25, -0.2) is 4.79 Å². The Morgan fingerprint density at radius 3 is 2.21 bits per heavy atom. The summed E-state index contributed by atoms with van der Waals surface area (Å²) in [5.74, 6) is 0.177. The average Bonchev–Trinajstić information content (AvgIpc) is 2.86. The molecule has 0 bridgehead atoms. The molecule has 1 saturated carbocycles. The lowest BCUT2D eigenvalue weighted by molar-refractivity contribution is -0.130. The smallest absolute Gasteiger partial charge is 0.408 e. The first-order valence-electron chi connectivity index (χ1n) is 14.3. The molecular formula is C30H49N3O5S. The molecule has 4 atom stereocenters. The predicted molar refractivity (Wildman–Crippen MR) is 158 cm³/mol. The minimum atomic E-state index is -0.927. The summed E-state index contributed by atoms with van der Waals surface area (Å²) in [6.45, 7) is 11.0. The van der Waals surface area contributed by atoms with Crippen molar-refractivity contribution in [1.82, 2.24) is 16.0 Å². The first-order valence-corrected chi connectivity index (χ1v) is 15.3. The molecule has 4 N–H and O–H groups in total.